The van der Waals surface area contributed by atoms with Gasteiger partial charge in [0.05, 0.1) is 20.0 Å². The van der Waals surface area contributed by atoms with E-state index in [0.717, 1.165) is 42.8 Å². The number of amides is 2. The summed E-state index contributed by atoms with van der Waals surface area (Å²) in [5, 5.41) is 6.08. The van der Waals surface area contributed by atoms with Crippen LogP contribution < -0.4 is 15.4 Å². The summed E-state index contributed by atoms with van der Waals surface area (Å²) in [6, 6.07) is 16.2. The Morgan fingerprint density at radius 1 is 1.11 bits per heavy atom. The van der Waals surface area contributed by atoms with Gasteiger partial charge in [0, 0.05) is 56.5 Å². The number of ether oxygens (including phenoxy) is 1. The SMILES string of the molecule is COc1ccc(CN2CCCC(C(=O)NCc3ccccc3)CCNC(=O)CC2)cc1Cn1ccnc1. The number of carbonyl (C=O) groups excluding carboxylic acids is 2. The zero-order valence-corrected chi connectivity index (χ0v) is 21.6. The monoisotopic (exact) mass is 503 g/mol. The van der Waals surface area contributed by atoms with Crippen LogP contribution in [0.25, 0.3) is 0 Å². The van der Waals surface area contributed by atoms with Crippen molar-refractivity contribution in [3.05, 3.63) is 83.9 Å². The van der Waals surface area contributed by atoms with Gasteiger partial charge in [0.1, 0.15) is 5.75 Å². The minimum absolute atomic E-state index is 0.0332. The largest absolute Gasteiger partial charge is 0.496 e. The average Bonchev–Trinajstić information content (AvgIpc) is 3.42. The molecule has 2 amide bonds. The van der Waals surface area contributed by atoms with Crippen LogP contribution in [-0.2, 0) is 29.2 Å². The van der Waals surface area contributed by atoms with Crippen molar-refractivity contribution < 1.29 is 14.3 Å². The first-order chi connectivity index (χ1) is 18.1. The van der Waals surface area contributed by atoms with E-state index in [2.05, 4.69) is 32.7 Å². The lowest BCUT2D eigenvalue weighted by atomic mass is 9.97. The highest BCUT2D eigenvalue weighted by Crippen LogP contribution is 2.23. The number of aromatic nitrogens is 2. The number of hydrogen-bond donors (Lipinski definition) is 2. The first-order valence-corrected chi connectivity index (χ1v) is 13.0. The molecule has 0 aliphatic carbocycles. The lowest BCUT2D eigenvalue weighted by Crippen LogP contribution is -2.33. The summed E-state index contributed by atoms with van der Waals surface area (Å²) < 4.78 is 7.59. The van der Waals surface area contributed by atoms with Crippen molar-refractivity contribution in [3.8, 4) is 5.75 Å². The average molecular weight is 504 g/mol. The minimum Gasteiger partial charge on any atom is -0.496 e. The molecule has 1 aromatic heterocycles. The molecule has 37 heavy (non-hydrogen) atoms. The molecule has 1 aliphatic heterocycles. The van der Waals surface area contributed by atoms with Gasteiger partial charge in [-0.1, -0.05) is 36.4 Å². The predicted molar refractivity (Wildman–Crippen MR) is 143 cm³/mol. The highest BCUT2D eigenvalue weighted by Gasteiger charge is 2.20. The Kier molecular flexibility index (Phi) is 9.71. The summed E-state index contributed by atoms with van der Waals surface area (Å²) in [7, 11) is 1.69. The van der Waals surface area contributed by atoms with Crippen LogP contribution in [0.15, 0.2) is 67.3 Å². The number of methoxy groups -OCH3 is 1. The second-order valence-electron chi connectivity index (χ2n) is 9.59. The van der Waals surface area contributed by atoms with Gasteiger partial charge in [0.15, 0.2) is 0 Å². The molecule has 1 fully saturated rings. The van der Waals surface area contributed by atoms with Crippen molar-refractivity contribution in [1.29, 1.82) is 0 Å². The predicted octanol–water partition coefficient (Wildman–Crippen LogP) is 3.36. The zero-order chi connectivity index (χ0) is 25.9. The topological polar surface area (TPSA) is 88.5 Å². The molecule has 1 atom stereocenters. The zero-order valence-electron chi connectivity index (χ0n) is 21.6. The van der Waals surface area contributed by atoms with E-state index in [0.29, 0.717) is 39.0 Å². The molecule has 196 valence electrons. The molecule has 4 rings (SSSR count). The lowest BCUT2D eigenvalue weighted by Gasteiger charge is -2.23. The molecule has 1 unspecified atom stereocenters. The maximum Gasteiger partial charge on any atom is 0.223 e. The molecule has 2 N–H and O–H groups in total. The number of carbonyl (C=O) groups is 2. The van der Waals surface area contributed by atoms with Crippen molar-refractivity contribution in [1.82, 2.24) is 25.1 Å². The van der Waals surface area contributed by atoms with E-state index in [9.17, 15) is 9.59 Å². The Morgan fingerprint density at radius 3 is 2.76 bits per heavy atom. The van der Waals surface area contributed by atoms with Crippen LogP contribution in [0.1, 0.15) is 42.4 Å². The van der Waals surface area contributed by atoms with Crippen molar-refractivity contribution >= 4 is 11.8 Å². The molecular weight excluding hydrogens is 466 g/mol. The van der Waals surface area contributed by atoms with Gasteiger partial charge in [0.25, 0.3) is 0 Å². The molecule has 0 radical (unpaired) electrons. The third-order valence-electron chi connectivity index (χ3n) is 6.84. The van der Waals surface area contributed by atoms with E-state index in [-0.39, 0.29) is 17.7 Å². The fraction of sp³-hybridized carbons (Fsp3) is 0.414. The quantitative estimate of drug-likeness (QED) is 0.492. The third kappa shape index (κ3) is 8.18. The summed E-state index contributed by atoms with van der Waals surface area (Å²) in [6.45, 7) is 3.97. The van der Waals surface area contributed by atoms with Gasteiger partial charge in [-0.2, -0.15) is 0 Å². The molecular formula is C29H37N5O3. The first-order valence-electron chi connectivity index (χ1n) is 13.0. The molecule has 3 aromatic rings. The lowest BCUT2D eigenvalue weighted by molar-refractivity contribution is -0.126. The Balaban J connectivity index is 1.38. The smallest absolute Gasteiger partial charge is 0.223 e. The van der Waals surface area contributed by atoms with Crippen LogP contribution in [-0.4, -0.2) is 53.0 Å². The second-order valence-corrected chi connectivity index (χ2v) is 9.59. The van der Waals surface area contributed by atoms with E-state index in [1.54, 1.807) is 19.6 Å². The molecule has 2 aromatic carbocycles. The highest BCUT2D eigenvalue weighted by molar-refractivity contribution is 5.79. The van der Waals surface area contributed by atoms with Gasteiger partial charge >= 0.3 is 0 Å². The molecule has 8 heteroatoms. The van der Waals surface area contributed by atoms with Gasteiger partial charge < -0.3 is 19.9 Å². The molecule has 1 aliphatic rings. The summed E-state index contributed by atoms with van der Waals surface area (Å²) in [6.07, 6.45) is 8.29. The van der Waals surface area contributed by atoms with E-state index >= 15 is 0 Å². The van der Waals surface area contributed by atoms with Crippen LogP contribution in [0.4, 0.5) is 0 Å². The summed E-state index contributed by atoms with van der Waals surface area (Å²) in [5.74, 6) is 0.819. The fourth-order valence-corrected chi connectivity index (χ4v) is 4.79. The number of hydrogen-bond acceptors (Lipinski definition) is 5. The van der Waals surface area contributed by atoms with Crippen LogP contribution in [0, 0.1) is 5.92 Å². The Hall–Kier alpha value is -3.65. The molecule has 1 saturated heterocycles. The van der Waals surface area contributed by atoms with Crippen LogP contribution >= 0.6 is 0 Å². The van der Waals surface area contributed by atoms with Gasteiger partial charge in [0.2, 0.25) is 11.8 Å². The summed E-state index contributed by atoms with van der Waals surface area (Å²) in [4.78, 5) is 31.8. The molecule has 2 heterocycles. The Labute approximate surface area is 219 Å². The van der Waals surface area contributed by atoms with Gasteiger partial charge in [-0.15, -0.1) is 0 Å². The number of nitrogens with zero attached hydrogens (tertiary/aromatic N) is 3. The van der Waals surface area contributed by atoms with Gasteiger partial charge in [-0.05, 0) is 49.1 Å². The number of imidazole rings is 1. The molecule has 0 spiro atoms. The normalized spacial score (nSPS) is 17.4. The van der Waals surface area contributed by atoms with Crippen molar-refractivity contribution in [3.63, 3.8) is 0 Å². The van der Waals surface area contributed by atoms with Gasteiger partial charge in [-0.25, -0.2) is 4.98 Å². The van der Waals surface area contributed by atoms with Gasteiger partial charge in [-0.3, -0.25) is 14.5 Å². The van der Waals surface area contributed by atoms with E-state index in [4.69, 9.17) is 4.74 Å². The van der Waals surface area contributed by atoms with Crippen LogP contribution in [0.3, 0.4) is 0 Å². The number of nitrogens with one attached hydrogen (secondary N) is 2. The summed E-state index contributed by atoms with van der Waals surface area (Å²) >= 11 is 0. The third-order valence-corrected chi connectivity index (χ3v) is 6.84. The number of benzene rings is 2. The maximum absolute atomic E-state index is 12.9. The van der Waals surface area contributed by atoms with Crippen molar-refractivity contribution in [2.24, 2.45) is 5.92 Å². The van der Waals surface area contributed by atoms with E-state index in [1.165, 1.54) is 5.56 Å². The minimum atomic E-state index is -0.119. The first kappa shape index (κ1) is 26.4. The van der Waals surface area contributed by atoms with Crippen molar-refractivity contribution in [2.75, 3.05) is 26.7 Å². The summed E-state index contributed by atoms with van der Waals surface area (Å²) in [5.41, 5.74) is 3.34. The standard InChI is InChI=1S/C29H37N5O3/c1-37-27-10-9-24(18-26(27)21-34-17-14-30-22-34)20-33-15-5-8-25(11-13-31-28(35)12-16-33)29(36)32-19-23-6-3-2-4-7-23/h2-4,6-7,9-10,14,17-18,22,25H,5,8,11-13,15-16,19-21H2,1H3,(H,31,35)(H,32,36). The maximum atomic E-state index is 12.9. The van der Waals surface area contributed by atoms with Crippen LogP contribution in [0.2, 0.25) is 0 Å². The van der Waals surface area contributed by atoms with E-state index in [1.807, 2.05) is 47.2 Å². The molecule has 8 nitrogen and oxygen atoms in total. The van der Waals surface area contributed by atoms with Crippen LogP contribution in [0.5, 0.6) is 5.75 Å². The second kappa shape index (κ2) is 13.6. The van der Waals surface area contributed by atoms with E-state index < -0.39 is 0 Å². The molecule has 0 saturated carbocycles. The number of rotatable bonds is 8. The Bertz CT molecular complexity index is 1130. The Morgan fingerprint density at radius 2 is 1.97 bits per heavy atom. The fourth-order valence-electron chi connectivity index (χ4n) is 4.79. The van der Waals surface area contributed by atoms with Crippen molar-refractivity contribution in [2.45, 2.75) is 45.3 Å². The highest BCUT2D eigenvalue weighted by atomic mass is 16.5. The molecule has 0 bridgehead atoms.